The van der Waals surface area contributed by atoms with Gasteiger partial charge in [0.25, 0.3) is 5.91 Å². The molecule has 0 aliphatic carbocycles. The van der Waals surface area contributed by atoms with Gasteiger partial charge in [-0.25, -0.2) is 4.68 Å². The Hall–Kier alpha value is -2.99. The molecule has 37 heavy (non-hydrogen) atoms. The van der Waals surface area contributed by atoms with Gasteiger partial charge in [0.1, 0.15) is 0 Å². The summed E-state index contributed by atoms with van der Waals surface area (Å²) in [7, 11) is 0. The molecule has 1 amide bonds. The molecule has 190 valence electrons. The molecule has 5 nitrogen and oxygen atoms in total. The number of nitrogens with one attached hydrogen (secondary N) is 1. The lowest BCUT2D eigenvalue weighted by molar-refractivity contribution is 0.0948. The topological polar surface area (TPSA) is 50.2 Å². The van der Waals surface area contributed by atoms with E-state index in [-0.39, 0.29) is 5.91 Å². The summed E-state index contributed by atoms with van der Waals surface area (Å²) >= 11 is 18.8. The van der Waals surface area contributed by atoms with Crippen molar-refractivity contribution in [3.05, 3.63) is 98.6 Å². The van der Waals surface area contributed by atoms with Crippen molar-refractivity contribution >= 4 is 46.4 Å². The fourth-order valence-electron chi connectivity index (χ4n) is 4.74. The van der Waals surface area contributed by atoms with Gasteiger partial charge in [-0.05, 0) is 74.2 Å². The molecule has 1 N–H and O–H groups in total. The summed E-state index contributed by atoms with van der Waals surface area (Å²) in [5, 5.41) is 9.32. The Morgan fingerprint density at radius 1 is 0.919 bits per heavy atom. The number of anilines is 1. The lowest BCUT2D eigenvalue weighted by Crippen LogP contribution is -2.26. The van der Waals surface area contributed by atoms with Gasteiger partial charge in [-0.3, -0.25) is 4.79 Å². The number of rotatable bonds is 7. The number of carbonyl (C=O) groups is 1. The maximum absolute atomic E-state index is 13.2. The number of hydrogen-bond acceptors (Lipinski definition) is 3. The zero-order valence-electron chi connectivity index (χ0n) is 20.5. The van der Waals surface area contributed by atoms with Crippen molar-refractivity contribution in [2.24, 2.45) is 0 Å². The molecule has 0 spiro atoms. The second kappa shape index (κ2) is 11.2. The fraction of sp³-hybridized carbons (Fsp3) is 0.241. The highest BCUT2D eigenvalue weighted by Crippen LogP contribution is 2.33. The van der Waals surface area contributed by atoms with Crippen LogP contribution in [0.25, 0.3) is 16.9 Å². The van der Waals surface area contributed by atoms with E-state index in [1.165, 1.54) is 24.1 Å². The first-order valence-electron chi connectivity index (χ1n) is 12.3. The monoisotopic (exact) mass is 552 g/mol. The fourth-order valence-corrected chi connectivity index (χ4v) is 5.35. The third-order valence-corrected chi connectivity index (χ3v) is 7.49. The largest absolute Gasteiger partial charge is 0.372 e. The van der Waals surface area contributed by atoms with Crippen LogP contribution < -0.4 is 10.2 Å². The second-order valence-corrected chi connectivity index (χ2v) is 10.5. The summed E-state index contributed by atoms with van der Waals surface area (Å²) in [6.07, 6.45) is 3.25. The molecule has 5 rings (SSSR count). The van der Waals surface area contributed by atoms with E-state index in [9.17, 15) is 4.79 Å². The molecule has 3 aromatic carbocycles. The molecule has 0 radical (unpaired) electrons. The van der Waals surface area contributed by atoms with Crippen LogP contribution in [0.15, 0.2) is 66.7 Å². The van der Waals surface area contributed by atoms with Gasteiger partial charge in [-0.1, -0.05) is 59.1 Å². The highest BCUT2D eigenvalue weighted by atomic mass is 35.5. The zero-order valence-corrected chi connectivity index (χ0v) is 22.7. The first-order valence-corrected chi connectivity index (χ1v) is 13.5. The molecule has 0 atom stereocenters. The maximum Gasteiger partial charge on any atom is 0.272 e. The van der Waals surface area contributed by atoms with E-state index < -0.39 is 0 Å². The number of amides is 1. The van der Waals surface area contributed by atoms with E-state index in [2.05, 4.69) is 39.6 Å². The van der Waals surface area contributed by atoms with Gasteiger partial charge in [0.15, 0.2) is 5.69 Å². The molecule has 1 fully saturated rings. The van der Waals surface area contributed by atoms with Gasteiger partial charge in [-0.15, -0.1) is 0 Å². The number of halogens is 3. The minimum atomic E-state index is -0.231. The average Bonchev–Trinajstić information content (AvgIpc) is 3.54. The Morgan fingerprint density at radius 3 is 2.27 bits per heavy atom. The molecule has 1 aliphatic rings. The van der Waals surface area contributed by atoms with Crippen LogP contribution in [0.5, 0.6) is 0 Å². The molecule has 1 saturated heterocycles. The van der Waals surface area contributed by atoms with E-state index in [0.29, 0.717) is 33.0 Å². The SMILES string of the molecule is Cc1c(C(=O)NCCc2ccc(N3CCCC3)cc2)nn(-c2ccc(Cl)cc2Cl)c1-c1ccc(Cl)cc1. The highest BCUT2D eigenvalue weighted by molar-refractivity contribution is 6.35. The van der Waals surface area contributed by atoms with Crippen molar-refractivity contribution in [3.8, 4) is 16.9 Å². The second-order valence-electron chi connectivity index (χ2n) is 9.20. The van der Waals surface area contributed by atoms with Gasteiger partial charge in [0.2, 0.25) is 0 Å². The van der Waals surface area contributed by atoms with Crippen LogP contribution in [0, 0.1) is 6.92 Å². The van der Waals surface area contributed by atoms with Crippen LogP contribution in [0.2, 0.25) is 15.1 Å². The minimum absolute atomic E-state index is 0.231. The zero-order chi connectivity index (χ0) is 25.9. The predicted molar refractivity (Wildman–Crippen MR) is 153 cm³/mol. The van der Waals surface area contributed by atoms with Gasteiger partial charge in [-0.2, -0.15) is 5.10 Å². The van der Waals surface area contributed by atoms with E-state index in [0.717, 1.165) is 36.3 Å². The molecule has 0 unspecified atom stereocenters. The van der Waals surface area contributed by atoms with Gasteiger partial charge >= 0.3 is 0 Å². The standard InChI is InChI=1S/C29H27Cl3N4O/c1-19-27(29(37)33-15-14-20-4-11-24(12-5-20)35-16-2-3-17-35)34-36(26-13-10-23(31)18-25(26)32)28(19)21-6-8-22(30)9-7-21/h4-13,18H,2-3,14-17H2,1H3,(H,33,37). The normalized spacial score (nSPS) is 13.2. The summed E-state index contributed by atoms with van der Waals surface area (Å²) in [6, 6.07) is 21.3. The molecular weight excluding hydrogens is 527 g/mol. The van der Waals surface area contributed by atoms with Crippen molar-refractivity contribution in [2.75, 3.05) is 24.5 Å². The Balaban J connectivity index is 1.36. The molecule has 4 aromatic rings. The van der Waals surface area contributed by atoms with Gasteiger partial charge < -0.3 is 10.2 Å². The Kier molecular flexibility index (Phi) is 7.75. The number of hydrogen-bond donors (Lipinski definition) is 1. The predicted octanol–water partition coefficient (Wildman–Crippen LogP) is 7.38. The van der Waals surface area contributed by atoms with E-state index in [1.54, 1.807) is 22.9 Å². The summed E-state index contributed by atoms with van der Waals surface area (Å²) in [5.41, 5.74) is 5.82. The van der Waals surface area contributed by atoms with Crippen molar-refractivity contribution in [1.82, 2.24) is 15.1 Å². The Morgan fingerprint density at radius 2 is 1.59 bits per heavy atom. The quantitative estimate of drug-likeness (QED) is 0.260. The first kappa shape index (κ1) is 25.7. The number of benzene rings is 3. The van der Waals surface area contributed by atoms with E-state index >= 15 is 0 Å². The molecule has 2 heterocycles. The van der Waals surface area contributed by atoms with Crippen LogP contribution in [-0.2, 0) is 6.42 Å². The van der Waals surface area contributed by atoms with Gasteiger partial charge in [0.05, 0.1) is 16.4 Å². The molecular formula is C29H27Cl3N4O. The Labute approximate surface area is 232 Å². The van der Waals surface area contributed by atoms with Crippen LogP contribution in [0.4, 0.5) is 5.69 Å². The van der Waals surface area contributed by atoms with E-state index in [4.69, 9.17) is 34.8 Å². The molecule has 1 aliphatic heterocycles. The smallest absolute Gasteiger partial charge is 0.272 e. The van der Waals surface area contributed by atoms with Crippen molar-refractivity contribution in [2.45, 2.75) is 26.2 Å². The first-order chi connectivity index (χ1) is 17.9. The minimum Gasteiger partial charge on any atom is -0.372 e. The molecule has 0 saturated carbocycles. The number of carbonyl (C=O) groups excluding carboxylic acids is 1. The molecule has 8 heteroatoms. The molecule has 0 bridgehead atoms. The van der Waals surface area contributed by atoms with Gasteiger partial charge in [0, 0.05) is 46.5 Å². The van der Waals surface area contributed by atoms with Crippen LogP contribution in [-0.4, -0.2) is 35.3 Å². The van der Waals surface area contributed by atoms with Crippen LogP contribution in [0.1, 0.15) is 34.5 Å². The average molecular weight is 554 g/mol. The summed E-state index contributed by atoms with van der Waals surface area (Å²) in [6.45, 7) is 4.65. The lowest BCUT2D eigenvalue weighted by atomic mass is 10.1. The summed E-state index contributed by atoms with van der Waals surface area (Å²) < 4.78 is 1.70. The Bertz CT molecular complexity index is 1410. The van der Waals surface area contributed by atoms with Crippen molar-refractivity contribution in [1.29, 1.82) is 0 Å². The highest BCUT2D eigenvalue weighted by Gasteiger charge is 2.23. The summed E-state index contributed by atoms with van der Waals surface area (Å²) in [5.74, 6) is -0.231. The van der Waals surface area contributed by atoms with Crippen molar-refractivity contribution in [3.63, 3.8) is 0 Å². The third-order valence-electron chi connectivity index (χ3n) is 6.70. The summed E-state index contributed by atoms with van der Waals surface area (Å²) in [4.78, 5) is 15.6. The number of nitrogens with zero attached hydrogens (tertiary/aromatic N) is 3. The van der Waals surface area contributed by atoms with Crippen LogP contribution in [0.3, 0.4) is 0 Å². The van der Waals surface area contributed by atoms with E-state index in [1.807, 2.05) is 31.2 Å². The van der Waals surface area contributed by atoms with Crippen LogP contribution >= 0.6 is 34.8 Å². The lowest BCUT2D eigenvalue weighted by Gasteiger charge is -2.17. The maximum atomic E-state index is 13.2. The van der Waals surface area contributed by atoms with Crippen molar-refractivity contribution < 1.29 is 4.79 Å². The number of aromatic nitrogens is 2. The molecule has 1 aromatic heterocycles. The third kappa shape index (κ3) is 5.64.